The fourth-order valence-corrected chi connectivity index (χ4v) is 10.5. The van der Waals surface area contributed by atoms with Crippen molar-refractivity contribution >= 4 is 22.8 Å². The van der Waals surface area contributed by atoms with Crippen molar-refractivity contribution in [3.8, 4) is 17.2 Å². The van der Waals surface area contributed by atoms with E-state index in [1.807, 2.05) is 123 Å². The van der Waals surface area contributed by atoms with Crippen LogP contribution in [0.2, 0.25) is 0 Å². The van der Waals surface area contributed by atoms with Crippen LogP contribution in [0.3, 0.4) is 0 Å². The number of hydrogen-bond acceptors (Lipinski definition) is 11. The third-order valence-corrected chi connectivity index (χ3v) is 13.6. The van der Waals surface area contributed by atoms with E-state index < -0.39 is 29.2 Å². The van der Waals surface area contributed by atoms with Crippen molar-refractivity contribution in [1.29, 1.82) is 0 Å². The minimum Gasteiger partial charge on any atom is -0.496 e. The number of benzene rings is 6. The molecule has 0 bridgehead atoms. The maximum atomic E-state index is 15.7. The summed E-state index contributed by atoms with van der Waals surface area (Å²) in [6, 6.07) is 43.9. The van der Waals surface area contributed by atoms with Gasteiger partial charge in [-0.3, -0.25) is 4.79 Å². The summed E-state index contributed by atoms with van der Waals surface area (Å²) in [5.74, 6) is -0.138. The van der Waals surface area contributed by atoms with Gasteiger partial charge in [0.1, 0.15) is 42.3 Å². The van der Waals surface area contributed by atoms with Crippen molar-refractivity contribution in [1.82, 2.24) is 0 Å². The molecule has 360 valence electrons. The standard InChI is InChI=1S/C58H62O11/c1-38-51(64-34-40-21-13-8-14-22-40)47(63-33-39-19-11-7-12-20-39)32-46(67-38)43-27-28-44-49(54(43)65-35-41-23-15-9-16-24-41)53(62-6)45-31-48-58(69-56(2,3)68-48,55(60)50(45)52(44)61-5)37-57(4,29-30-59)66-36-42-25-17-10-18-26-42/h7-28,30,38,46-48,51H,29,31-37H2,1-6H3/t38-,46-,47-,48-,51-,57+,58-/m1/s1. The summed E-state index contributed by atoms with van der Waals surface area (Å²) >= 11 is 0. The zero-order valence-electron chi connectivity index (χ0n) is 40.3. The molecule has 9 rings (SSSR count). The van der Waals surface area contributed by atoms with Gasteiger partial charge in [-0.15, -0.1) is 0 Å². The fourth-order valence-electron chi connectivity index (χ4n) is 10.5. The Kier molecular flexibility index (Phi) is 14.4. The van der Waals surface area contributed by atoms with E-state index in [0.29, 0.717) is 58.8 Å². The number of ether oxygens (including phenoxy) is 9. The Balaban J connectivity index is 1.14. The number of fused-ring (bicyclic) bond motifs is 3. The van der Waals surface area contributed by atoms with Crippen LogP contribution in [0.1, 0.15) is 96.8 Å². The zero-order valence-corrected chi connectivity index (χ0v) is 40.3. The van der Waals surface area contributed by atoms with Gasteiger partial charge >= 0.3 is 0 Å². The quantitative estimate of drug-likeness (QED) is 0.0723. The second kappa shape index (κ2) is 20.6. The average Bonchev–Trinajstić information content (AvgIpc) is 3.63. The lowest BCUT2D eigenvalue weighted by Crippen LogP contribution is -2.56. The van der Waals surface area contributed by atoms with Crippen LogP contribution in [0.5, 0.6) is 17.2 Å². The van der Waals surface area contributed by atoms with Crippen LogP contribution < -0.4 is 14.2 Å². The SMILES string of the molecule is COc1c2c(c(OC)c3c(OCc4ccccc4)c([C@H]4C[C@@H](OCc5ccccc5)[C@H](OCc5ccccc5)[C@@H](C)O4)ccc13)C[C@H]1OC(C)(C)O[C@@]1(C[C@](C)(CC=O)OCc1ccccc1)C2=O. The molecule has 69 heavy (non-hydrogen) atoms. The average molecular weight is 935 g/mol. The predicted molar refractivity (Wildman–Crippen MR) is 262 cm³/mol. The third kappa shape index (κ3) is 10.1. The first kappa shape index (κ1) is 48.1. The van der Waals surface area contributed by atoms with Gasteiger partial charge in [0.15, 0.2) is 11.4 Å². The van der Waals surface area contributed by atoms with Crippen LogP contribution in [0.25, 0.3) is 10.8 Å². The van der Waals surface area contributed by atoms with E-state index in [1.54, 1.807) is 28.1 Å². The first-order valence-electron chi connectivity index (χ1n) is 23.9. The third-order valence-electron chi connectivity index (χ3n) is 13.6. The van der Waals surface area contributed by atoms with Crippen molar-refractivity contribution in [3.05, 3.63) is 172 Å². The molecule has 2 heterocycles. The normalized spacial score (nSPS) is 23.7. The number of carbonyl (C=O) groups is 2. The van der Waals surface area contributed by atoms with Crippen LogP contribution in [0.15, 0.2) is 133 Å². The molecule has 0 saturated carbocycles. The molecule has 2 fully saturated rings. The summed E-state index contributed by atoms with van der Waals surface area (Å²) in [7, 11) is 3.18. The summed E-state index contributed by atoms with van der Waals surface area (Å²) in [6.07, 6.45) is -0.769. The molecule has 11 heteroatoms. The van der Waals surface area contributed by atoms with Crippen molar-refractivity contribution < 1.29 is 52.2 Å². The van der Waals surface area contributed by atoms with E-state index in [4.69, 9.17) is 42.6 Å². The molecule has 7 atom stereocenters. The topological polar surface area (TPSA) is 117 Å². The number of carbonyl (C=O) groups excluding carboxylic acids is 2. The zero-order chi connectivity index (χ0) is 48.2. The minimum atomic E-state index is -1.54. The van der Waals surface area contributed by atoms with Gasteiger partial charge in [0, 0.05) is 42.2 Å². The summed E-state index contributed by atoms with van der Waals surface area (Å²) in [5.41, 5.74) is 3.11. The van der Waals surface area contributed by atoms with Crippen LogP contribution in [-0.2, 0) is 66.1 Å². The number of hydrogen-bond donors (Lipinski definition) is 0. The number of ketones is 1. The van der Waals surface area contributed by atoms with Crippen LogP contribution >= 0.6 is 0 Å². The number of aldehydes is 1. The number of rotatable bonds is 19. The highest BCUT2D eigenvalue weighted by Gasteiger charge is 2.64. The molecule has 0 aromatic heterocycles. The van der Waals surface area contributed by atoms with E-state index in [0.717, 1.165) is 34.1 Å². The summed E-state index contributed by atoms with van der Waals surface area (Å²) in [5, 5.41) is 1.25. The van der Waals surface area contributed by atoms with E-state index in [1.165, 1.54) is 0 Å². The van der Waals surface area contributed by atoms with Crippen molar-refractivity contribution in [2.24, 2.45) is 0 Å². The van der Waals surface area contributed by atoms with Gasteiger partial charge in [-0.05, 0) is 56.0 Å². The maximum absolute atomic E-state index is 15.7. The Morgan fingerprint density at radius 1 is 0.710 bits per heavy atom. The molecule has 11 nitrogen and oxygen atoms in total. The van der Waals surface area contributed by atoms with Crippen molar-refractivity contribution in [2.75, 3.05) is 14.2 Å². The molecular weight excluding hydrogens is 873 g/mol. The molecule has 0 radical (unpaired) electrons. The van der Waals surface area contributed by atoms with Crippen molar-refractivity contribution in [2.45, 2.75) is 127 Å². The van der Waals surface area contributed by atoms with E-state index in [2.05, 4.69) is 24.3 Å². The Morgan fingerprint density at radius 3 is 1.86 bits per heavy atom. The van der Waals surface area contributed by atoms with Gasteiger partial charge in [0.05, 0.1) is 68.9 Å². The first-order chi connectivity index (χ1) is 33.4. The van der Waals surface area contributed by atoms with Gasteiger partial charge in [-0.2, -0.15) is 0 Å². The number of Topliss-reactive ketones (excluding diaryl/α,β-unsaturated/α-hetero) is 1. The summed E-state index contributed by atoms with van der Waals surface area (Å²) in [6.45, 7) is 8.77. The molecule has 3 aliphatic rings. The van der Waals surface area contributed by atoms with Gasteiger partial charge < -0.3 is 47.4 Å². The molecule has 6 aromatic carbocycles. The Morgan fingerprint density at radius 2 is 1.28 bits per heavy atom. The molecule has 0 N–H and O–H groups in total. The predicted octanol–water partition coefficient (Wildman–Crippen LogP) is 11.0. The van der Waals surface area contributed by atoms with Crippen molar-refractivity contribution in [3.63, 3.8) is 0 Å². The van der Waals surface area contributed by atoms with Crippen LogP contribution in [-0.4, -0.2) is 67.7 Å². The summed E-state index contributed by atoms with van der Waals surface area (Å²) < 4.78 is 60.2. The van der Waals surface area contributed by atoms with Gasteiger partial charge in [0.25, 0.3) is 0 Å². The highest BCUT2D eigenvalue weighted by Crippen LogP contribution is 2.56. The second-order valence-electron chi connectivity index (χ2n) is 19.1. The lowest BCUT2D eigenvalue weighted by Gasteiger charge is -2.43. The second-order valence-corrected chi connectivity index (χ2v) is 19.1. The monoisotopic (exact) mass is 934 g/mol. The van der Waals surface area contributed by atoms with E-state index in [-0.39, 0.29) is 56.6 Å². The highest BCUT2D eigenvalue weighted by atomic mass is 16.8. The van der Waals surface area contributed by atoms with E-state index in [9.17, 15) is 4.79 Å². The lowest BCUT2D eigenvalue weighted by molar-refractivity contribution is -0.204. The Hall–Kier alpha value is -5.92. The lowest BCUT2D eigenvalue weighted by atomic mass is 9.70. The summed E-state index contributed by atoms with van der Waals surface area (Å²) in [4.78, 5) is 28.1. The van der Waals surface area contributed by atoms with Gasteiger partial charge in [0.2, 0.25) is 5.78 Å². The minimum absolute atomic E-state index is 0.0290. The Labute approximate surface area is 404 Å². The molecule has 1 aliphatic carbocycles. The molecule has 6 aromatic rings. The van der Waals surface area contributed by atoms with E-state index >= 15 is 4.79 Å². The molecule has 0 unspecified atom stereocenters. The first-order valence-corrected chi connectivity index (χ1v) is 23.9. The maximum Gasteiger partial charge on any atom is 0.201 e. The molecule has 0 amide bonds. The smallest absolute Gasteiger partial charge is 0.201 e. The van der Waals surface area contributed by atoms with Crippen LogP contribution in [0, 0.1) is 0 Å². The Bertz CT molecular complexity index is 2710. The number of methoxy groups -OCH3 is 2. The highest BCUT2D eigenvalue weighted by molar-refractivity contribution is 6.15. The fraction of sp³-hybridized carbons (Fsp3) is 0.379. The molecular formula is C58H62O11. The van der Waals surface area contributed by atoms with Gasteiger partial charge in [-0.25, -0.2) is 0 Å². The largest absolute Gasteiger partial charge is 0.496 e. The molecule has 2 aliphatic heterocycles. The molecule has 0 spiro atoms. The van der Waals surface area contributed by atoms with Gasteiger partial charge in [-0.1, -0.05) is 127 Å². The van der Waals surface area contributed by atoms with Crippen LogP contribution in [0.4, 0.5) is 0 Å². The molecule has 2 saturated heterocycles.